The maximum Gasteiger partial charge on any atom is 0.123 e. The van der Waals surface area contributed by atoms with Crippen molar-refractivity contribution in [3.8, 4) is 5.75 Å². The highest BCUT2D eigenvalue weighted by atomic mass is 35.5. The van der Waals surface area contributed by atoms with Gasteiger partial charge in [0.15, 0.2) is 0 Å². The summed E-state index contributed by atoms with van der Waals surface area (Å²) in [5, 5.41) is 0.154. The minimum Gasteiger partial charge on any atom is -0.490 e. The normalized spacial score (nSPS) is 18.3. The number of hydrogen-bond donors (Lipinski definition) is 0. The van der Waals surface area contributed by atoms with Crippen molar-refractivity contribution < 1.29 is 4.74 Å². The van der Waals surface area contributed by atoms with Gasteiger partial charge in [-0.2, -0.15) is 0 Å². The lowest BCUT2D eigenvalue weighted by Gasteiger charge is -2.11. The highest BCUT2D eigenvalue weighted by Gasteiger charge is 2.20. The molecule has 0 N–H and O–H groups in total. The number of fused-ring (bicyclic) bond motifs is 1. The van der Waals surface area contributed by atoms with Crippen molar-refractivity contribution in [2.45, 2.75) is 83.1 Å². The molecular formula is C19H29ClO. The fourth-order valence-electron chi connectivity index (χ4n) is 3.08. The largest absolute Gasteiger partial charge is 0.490 e. The van der Waals surface area contributed by atoms with E-state index in [1.165, 1.54) is 56.1 Å². The lowest BCUT2D eigenvalue weighted by atomic mass is 10.0. The number of halogens is 1. The Bertz CT molecular complexity index is 430. The summed E-state index contributed by atoms with van der Waals surface area (Å²) in [6.07, 6.45) is 11.8. The van der Waals surface area contributed by atoms with Gasteiger partial charge in [-0.05, 0) is 30.5 Å². The smallest absolute Gasteiger partial charge is 0.123 e. The summed E-state index contributed by atoms with van der Waals surface area (Å²) in [6, 6.07) is 6.47. The molecule has 1 aromatic rings. The zero-order chi connectivity index (χ0) is 15.1. The second-order valence-corrected chi connectivity index (χ2v) is 6.90. The van der Waals surface area contributed by atoms with Crippen molar-refractivity contribution in [3.05, 3.63) is 29.3 Å². The van der Waals surface area contributed by atoms with Gasteiger partial charge in [0.05, 0.1) is 5.38 Å². The second-order valence-electron chi connectivity index (χ2n) is 6.38. The van der Waals surface area contributed by atoms with E-state index < -0.39 is 0 Å². The van der Waals surface area contributed by atoms with Gasteiger partial charge in [0.2, 0.25) is 0 Å². The molecule has 0 saturated carbocycles. The van der Waals surface area contributed by atoms with E-state index in [0.717, 1.165) is 18.6 Å². The summed E-state index contributed by atoms with van der Waals surface area (Å²) in [5.41, 5.74) is 2.59. The van der Waals surface area contributed by atoms with E-state index in [-0.39, 0.29) is 5.38 Å². The highest BCUT2D eigenvalue weighted by Crippen LogP contribution is 2.34. The van der Waals surface area contributed by atoms with Crippen LogP contribution in [0.4, 0.5) is 0 Å². The molecule has 0 aromatic heterocycles. The van der Waals surface area contributed by atoms with E-state index in [1.54, 1.807) is 0 Å². The first-order valence-corrected chi connectivity index (χ1v) is 9.08. The van der Waals surface area contributed by atoms with E-state index >= 15 is 0 Å². The van der Waals surface area contributed by atoms with E-state index in [2.05, 4.69) is 32.0 Å². The topological polar surface area (TPSA) is 9.23 Å². The Morgan fingerprint density at radius 3 is 2.62 bits per heavy atom. The highest BCUT2D eigenvalue weighted by molar-refractivity contribution is 6.20. The molecule has 0 radical (unpaired) electrons. The number of hydrogen-bond acceptors (Lipinski definition) is 1. The van der Waals surface area contributed by atoms with Gasteiger partial charge in [-0.1, -0.05) is 64.0 Å². The summed E-state index contributed by atoms with van der Waals surface area (Å²) >= 11 is 6.57. The second kappa shape index (κ2) is 8.68. The van der Waals surface area contributed by atoms with Gasteiger partial charge < -0.3 is 4.74 Å². The average Bonchev–Trinajstić information content (AvgIpc) is 2.85. The summed E-state index contributed by atoms with van der Waals surface area (Å²) in [4.78, 5) is 0. The number of ether oxygens (including phenoxy) is 1. The molecule has 0 bridgehead atoms. The van der Waals surface area contributed by atoms with E-state index in [1.807, 2.05) is 0 Å². The maximum atomic E-state index is 6.57. The van der Waals surface area contributed by atoms with Crippen LogP contribution in [0.5, 0.6) is 5.75 Å². The first kappa shape index (κ1) is 16.7. The van der Waals surface area contributed by atoms with Crippen molar-refractivity contribution in [1.29, 1.82) is 0 Å². The molecule has 1 nitrogen and oxygen atoms in total. The fourth-order valence-corrected chi connectivity index (χ4v) is 3.37. The van der Waals surface area contributed by atoms with Crippen LogP contribution < -0.4 is 4.74 Å². The number of unbranched alkanes of at least 4 members (excludes halogenated alkanes) is 6. The molecule has 2 atom stereocenters. The van der Waals surface area contributed by atoms with Gasteiger partial charge >= 0.3 is 0 Å². The summed E-state index contributed by atoms with van der Waals surface area (Å²) in [6.45, 7) is 4.39. The third-order valence-electron chi connectivity index (χ3n) is 4.34. The number of rotatable bonds is 9. The molecule has 0 fully saturated rings. The van der Waals surface area contributed by atoms with E-state index in [4.69, 9.17) is 16.3 Å². The van der Waals surface area contributed by atoms with E-state index in [9.17, 15) is 0 Å². The molecule has 1 aromatic carbocycles. The van der Waals surface area contributed by atoms with Crippen molar-refractivity contribution in [1.82, 2.24) is 0 Å². The number of benzene rings is 1. The third kappa shape index (κ3) is 5.21. The van der Waals surface area contributed by atoms with Crippen molar-refractivity contribution in [2.75, 3.05) is 0 Å². The Labute approximate surface area is 135 Å². The molecule has 1 heterocycles. The predicted molar refractivity (Wildman–Crippen MR) is 91.4 cm³/mol. The van der Waals surface area contributed by atoms with Crippen LogP contribution in [0.1, 0.15) is 81.7 Å². The Balaban J connectivity index is 1.69. The van der Waals surface area contributed by atoms with Crippen LogP contribution in [0.3, 0.4) is 0 Å². The summed E-state index contributed by atoms with van der Waals surface area (Å²) in [5.74, 6) is 1.05. The molecule has 2 rings (SSSR count). The molecular weight excluding hydrogens is 280 g/mol. The van der Waals surface area contributed by atoms with Crippen LogP contribution in [0.15, 0.2) is 18.2 Å². The Kier molecular flexibility index (Phi) is 6.89. The molecule has 0 aliphatic carbocycles. The lowest BCUT2D eigenvalue weighted by molar-refractivity contribution is 0.254. The minimum absolute atomic E-state index is 0.154. The molecule has 0 saturated heterocycles. The van der Waals surface area contributed by atoms with Gasteiger partial charge in [-0.3, -0.25) is 0 Å². The molecule has 1 aliphatic rings. The molecule has 118 valence electrons. The zero-order valence-electron chi connectivity index (χ0n) is 13.5. The number of alkyl halides is 1. The Hall–Kier alpha value is -0.690. The average molecular weight is 309 g/mol. The van der Waals surface area contributed by atoms with Crippen LogP contribution in [-0.2, 0) is 6.42 Å². The van der Waals surface area contributed by atoms with Gasteiger partial charge in [0, 0.05) is 6.42 Å². The molecule has 2 unspecified atom stereocenters. The van der Waals surface area contributed by atoms with Crippen LogP contribution in [0, 0.1) is 0 Å². The van der Waals surface area contributed by atoms with Crippen molar-refractivity contribution in [3.63, 3.8) is 0 Å². The standard InChI is InChI=1S/C19H29ClO/c1-3-4-5-6-7-8-9-10-18(20)16-11-12-19-17(14-16)13-15(2)21-19/h11-12,14-15,18H,3-10,13H2,1-2H3. The van der Waals surface area contributed by atoms with E-state index in [0.29, 0.717) is 6.10 Å². The molecule has 1 aliphatic heterocycles. The molecule has 21 heavy (non-hydrogen) atoms. The van der Waals surface area contributed by atoms with Crippen LogP contribution in [0.25, 0.3) is 0 Å². The van der Waals surface area contributed by atoms with Crippen molar-refractivity contribution in [2.24, 2.45) is 0 Å². The minimum atomic E-state index is 0.154. The quantitative estimate of drug-likeness (QED) is 0.377. The predicted octanol–water partition coefficient (Wildman–Crippen LogP) is 6.43. The van der Waals surface area contributed by atoms with Gasteiger partial charge in [0.25, 0.3) is 0 Å². The first-order chi connectivity index (χ1) is 10.2. The van der Waals surface area contributed by atoms with Crippen LogP contribution >= 0.6 is 11.6 Å². The SMILES string of the molecule is CCCCCCCCCC(Cl)c1ccc2c(c1)CC(C)O2. The van der Waals surface area contributed by atoms with Crippen LogP contribution in [0.2, 0.25) is 0 Å². The summed E-state index contributed by atoms with van der Waals surface area (Å²) < 4.78 is 5.74. The fraction of sp³-hybridized carbons (Fsp3) is 0.684. The Morgan fingerprint density at radius 2 is 1.86 bits per heavy atom. The van der Waals surface area contributed by atoms with Gasteiger partial charge in [0.1, 0.15) is 11.9 Å². The summed E-state index contributed by atoms with van der Waals surface area (Å²) in [7, 11) is 0. The first-order valence-electron chi connectivity index (χ1n) is 8.64. The molecule has 2 heteroatoms. The zero-order valence-corrected chi connectivity index (χ0v) is 14.3. The van der Waals surface area contributed by atoms with Crippen molar-refractivity contribution >= 4 is 11.6 Å². The molecule has 0 spiro atoms. The van der Waals surface area contributed by atoms with Gasteiger partial charge in [-0.25, -0.2) is 0 Å². The monoisotopic (exact) mass is 308 g/mol. The van der Waals surface area contributed by atoms with Gasteiger partial charge in [-0.15, -0.1) is 11.6 Å². The lowest BCUT2D eigenvalue weighted by Crippen LogP contribution is -2.05. The van der Waals surface area contributed by atoms with Crippen LogP contribution in [-0.4, -0.2) is 6.10 Å². The maximum absolute atomic E-state index is 6.57. The Morgan fingerprint density at radius 1 is 1.14 bits per heavy atom. The third-order valence-corrected chi connectivity index (χ3v) is 4.81. The molecule has 0 amide bonds.